The molecular formula is C33H50N4O3. The van der Waals surface area contributed by atoms with Gasteiger partial charge in [0, 0.05) is 48.8 Å². The van der Waals surface area contributed by atoms with Crippen molar-refractivity contribution in [2.45, 2.75) is 85.2 Å². The second-order valence-corrected chi connectivity index (χ2v) is 10.9. The zero-order chi connectivity index (χ0) is 29.5. The Kier molecular flexibility index (Phi) is 14.4. The quantitative estimate of drug-likeness (QED) is 0.252. The van der Waals surface area contributed by atoms with E-state index in [-0.39, 0.29) is 29.7 Å². The normalized spacial score (nSPS) is 13.4. The molecule has 40 heavy (non-hydrogen) atoms. The average molecular weight is 551 g/mol. The zero-order valence-electron chi connectivity index (χ0n) is 25.1. The number of nitrogens with one attached hydrogen (secondary N) is 2. The van der Waals surface area contributed by atoms with Crippen LogP contribution in [0.5, 0.6) is 0 Å². The number of carbonyl (C=O) groups is 3. The molecule has 220 valence electrons. The molecule has 3 amide bonds. The summed E-state index contributed by atoms with van der Waals surface area (Å²) in [4.78, 5) is 41.2. The van der Waals surface area contributed by atoms with Crippen LogP contribution < -0.4 is 16.4 Å². The molecule has 0 heterocycles. The first-order valence-corrected chi connectivity index (χ1v) is 15.0. The van der Waals surface area contributed by atoms with E-state index in [2.05, 4.69) is 24.5 Å². The fourth-order valence-corrected chi connectivity index (χ4v) is 4.94. The van der Waals surface area contributed by atoms with Crippen LogP contribution >= 0.6 is 0 Å². The summed E-state index contributed by atoms with van der Waals surface area (Å²) in [5, 5.41) is 6.19. The third kappa shape index (κ3) is 10.4. The van der Waals surface area contributed by atoms with Crippen LogP contribution in [0.2, 0.25) is 0 Å². The van der Waals surface area contributed by atoms with E-state index in [1.807, 2.05) is 56.0 Å². The number of rotatable bonds is 17. The van der Waals surface area contributed by atoms with E-state index in [4.69, 9.17) is 5.73 Å². The Morgan fingerprint density at radius 2 is 1.50 bits per heavy atom. The molecule has 0 aliphatic heterocycles. The lowest BCUT2D eigenvalue weighted by molar-refractivity contribution is -0.125. The van der Waals surface area contributed by atoms with Crippen LogP contribution in [0.15, 0.2) is 54.6 Å². The maximum Gasteiger partial charge on any atom is 0.253 e. The summed E-state index contributed by atoms with van der Waals surface area (Å²) in [6.07, 6.45) is 4.78. The van der Waals surface area contributed by atoms with Crippen LogP contribution in [0.25, 0.3) is 0 Å². The monoisotopic (exact) mass is 550 g/mol. The van der Waals surface area contributed by atoms with Crippen LogP contribution in [0, 0.1) is 11.8 Å². The van der Waals surface area contributed by atoms with Gasteiger partial charge in [0.15, 0.2) is 0 Å². The van der Waals surface area contributed by atoms with E-state index < -0.39 is 6.04 Å². The highest BCUT2D eigenvalue weighted by atomic mass is 16.2. The Bertz CT molecular complexity index is 1050. The molecule has 0 aliphatic carbocycles. The third-order valence-corrected chi connectivity index (χ3v) is 7.57. The highest BCUT2D eigenvalue weighted by Gasteiger charge is 2.26. The molecule has 2 aromatic carbocycles. The largest absolute Gasteiger partial charge is 0.356 e. The predicted molar refractivity (Wildman–Crippen MR) is 163 cm³/mol. The fraction of sp³-hybridized carbons (Fsp3) is 0.545. The number of hydrogen-bond donors (Lipinski definition) is 3. The number of nitrogens with zero attached hydrogens (tertiary/aromatic N) is 1. The minimum absolute atomic E-state index is 0.0120. The maximum atomic E-state index is 13.4. The molecule has 0 saturated carbocycles. The molecule has 0 spiro atoms. The molecule has 0 fully saturated rings. The molecule has 4 N–H and O–H groups in total. The van der Waals surface area contributed by atoms with Gasteiger partial charge in [0.05, 0.1) is 0 Å². The first-order valence-electron chi connectivity index (χ1n) is 15.0. The lowest BCUT2D eigenvalue weighted by Gasteiger charge is -2.28. The molecule has 0 aromatic heterocycles. The van der Waals surface area contributed by atoms with Gasteiger partial charge in [0.2, 0.25) is 5.91 Å². The number of benzene rings is 2. The van der Waals surface area contributed by atoms with E-state index in [0.717, 1.165) is 31.2 Å². The lowest BCUT2D eigenvalue weighted by atomic mass is 9.91. The number of carbonyl (C=O) groups excluding carboxylic acids is 3. The molecule has 0 unspecified atom stereocenters. The fourth-order valence-electron chi connectivity index (χ4n) is 4.94. The summed E-state index contributed by atoms with van der Waals surface area (Å²) < 4.78 is 0. The van der Waals surface area contributed by atoms with Gasteiger partial charge in [-0.25, -0.2) is 0 Å². The second-order valence-electron chi connectivity index (χ2n) is 10.9. The first-order chi connectivity index (χ1) is 19.2. The van der Waals surface area contributed by atoms with Crippen molar-refractivity contribution < 1.29 is 14.4 Å². The first kappa shape index (κ1) is 33.0. The lowest BCUT2D eigenvalue weighted by Crippen LogP contribution is -2.50. The Morgan fingerprint density at radius 1 is 0.875 bits per heavy atom. The van der Waals surface area contributed by atoms with Gasteiger partial charge >= 0.3 is 0 Å². The molecule has 0 aliphatic rings. The minimum atomic E-state index is -0.438. The summed E-state index contributed by atoms with van der Waals surface area (Å²) in [6, 6.07) is 15.9. The van der Waals surface area contributed by atoms with E-state index in [0.29, 0.717) is 49.5 Å². The smallest absolute Gasteiger partial charge is 0.253 e. The Hall–Kier alpha value is -3.19. The van der Waals surface area contributed by atoms with Gasteiger partial charge in [0.25, 0.3) is 11.8 Å². The van der Waals surface area contributed by atoms with Crippen molar-refractivity contribution in [1.29, 1.82) is 0 Å². The minimum Gasteiger partial charge on any atom is -0.356 e. The molecule has 0 radical (unpaired) electrons. The van der Waals surface area contributed by atoms with Crippen molar-refractivity contribution in [2.75, 3.05) is 19.6 Å². The van der Waals surface area contributed by atoms with Gasteiger partial charge in [-0.05, 0) is 55.4 Å². The standard InChI is InChI=1S/C33H50N4O3/c1-6-18-37(19-7-2)33(40)28-17-13-16-27(22-28)32(39)36-30(21-26-14-11-10-12-15-26)29(34)20-24(5)31(38)35-23-25(8-3)9-4/h10-17,22,24-25,29-30H,6-9,18-21,23,34H2,1-5H3,(H,35,38)(H,36,39)/t24-,29+,30+/m1/s1. The third-order valence-electron chi connectivity index (χ3n) is 7.57. The average Bonchev–Trinajstić information content (AvgIpc) is 2.97. The van der Waals surface area contributed by atoms with Crippen LogP contribution in [-0.4, -0.2) is 54.3 Å². The molecule has 2 aromatic rings. The SMILES string of the molecule is CCCN(CCC)C(=O)c1cccc(C(=O)N[C@@H](Cc2ccccc2)[C@@H](N)C[C@@H](C)C(=O)NCC(CC)CC)c1. The summed E-state index contributed by atoms with van der Waals surface area (Å²) in [5.41, 5.74) is 8.63. The van der Waals surface area contributed by atoms with Crippen molar-refractivity contribution >= 4 is 17.7 Å². The van der Waals surface area contributed by atoms with Gasteiger partial charge in [-0.15, -0.1) is 0 Å². The van der Waals surface area contributed by atoms with Crippen molar-refractivity contribution in [3.63, 3.8) is 0 Å². The van der Waals surface area contributed by atoms with Crippen molar-refractivity contribution in [3.05, 3.63) is 71.3 Å². The van der Waals surface area contributed by atoms with E-state index >= 15 is 0 Å². The second kappa shape index (κ2) is 17.5. The van der Waals surface area contributed by atoms with Crippen LogP contribution in [-0.2, 0) is 11.2 Å². The molecular weight excluding hydrogens is 500 g/mol. The summed E-state index contributed by atoms with van der Waals surface area (Å²) in [5.74, 6) is -0.183. The Balaban J connectivity index is 2.17. The van der Waals surface area contributed by atoms with Gasteiger partial charge in [-0.3, -0.25) is 14.4 Å². The van der Waals surface area contributed by atoms with Gasteiger partial charge in [-0.2, -0.15) is 0 Å². The van der Waals surface area contributed by atoms with E-state index in [1.54, 1.807) is 24.3 Å². The van der Waals surface area contributed by atoms with Crippen LogP contribution in [0.3, 0.4) is 0 Å². The number of hydrogen-bond acceptors (Lipinski definition) is 4. The summed E-state index contributed by atoms with van der Waals surface area (Å²) in [6.45, 7) is 12.3. The number of nitrogens with two attached hydrogens (primary N) is 1. The van der Waals surface area contributed by atoms with Gasteiger partial charge < -0.3 is 21.3 Å². The van der Waals surface area contributed by atoms with E-state index in [1.165, 1.54) is 0 Å². The van der Waals surface area contributed by atoms with Crippen molar-refractivity contribution in [2.24, 2.45) is 17.6 Å². The summed E-state index contributed by atoms with van der Waals surface area (Å²) in [7, 11) is 0. The predicted octanol–water partition coefficient (Wildman–Crippen LogP) is 5.20. The molecule has 7 nitrogen and oxygen atoms in total. The van der Waals surface area contributed by atoms with Crippen LogP contribution in [0.1, 0.15) is 93.0 Å². The molecule has 0 saturated heterocycles. The van der Waals surface area contributed by atoms with Gasteiger partial charge in [0.1, 0.15) is 0 Å². The maximum absolute atomic E-state index is 13.4. The Morgan fingerprint density at radius 3 is 2.10 bits per heavy atom. The van der Waals surface area contributed by atoms with Gasteiger partial charge in [-0.1, -0.05) is 83.9 Å². The summed E-state index contributed by atoms with van der Waals surface area (Å²) >= 11 is 0. The topological polar surface area (TPSA) is 105 Å². The molecule has 0 bridgehead atoms. The number of amides is 3. The Labute approximate surface area is 241 Å². The molecule has 7 heteroatoms. The highest BCUT2D eigenvalue weighted by molar-refractivity contribution is 5.99. The van der Waals surface area contributed by atoms with Crippen LogP contribution in [0.4, 0.5) is 0 Å². The van der Waals surface area contributed by atoms with E-state index in [9.17, 15) is 14.4 Å². The molecule has 3 atom stereocenters. The molecule has 2 rings (SSSR count). The van der Waals surface area contributed by atoms with Crippen molar-refractivity contribution in [3.8, 4) is 0 Å². The zero-order valence-corrected chi connectivity index (χ0v) is 25.1. The highest BCUT2D eigenvalue weighted by Crippen LogP contribution is 2.15. The van der Waals surface area contributed by atoms with Crippen molar-refractivity contribution in [1.82, 2.24) is 15.5 Å².